The van der Waals surface area contributed by atoms with E-state index in [2.05, 4.69) is 10.2 Å². The van der Waals surface area contributed by atoms with E-state index in [1.807, 2.05) is 7.05 Å². The summed E-state index contributed by atoms with van der Waals surface area (Å²) in [6.45, 7) is 2.03. The minimum absolute atomic E-state index is 0.382. The molecule has 0 bridgehead atoms. The van der Waals surface area contributed by atoms with Crippen LogP contribution in [0.4, 0.5) is 0 Å². The Balaban J connectivity index is 1.76. The van der Waals surface area contributed by atoms with E-state index >= 15 is 0 Å². The standard InChI is InChI=1S/C11H20N2O/c1-12-7-5-10-6-8-13(10)11(14)9-3-2-4-9/h9-10,12H,2-8H2,1H3. The summed E-state index contributed by atoms with van der Waals surface area (Å²) in [4.78, 5) is 14.0. The van der Waals surface area contributed by atoms with Crippen LogP contribution in [0.25, 0.3) is 0 Å². The van der Waals surface area contributed by atoms with Crippen LogP contribution in [0.3, 0.4) is 0 Å². The molecule has 1 saturated heterocycles. The molecule has 1 aliphatic carbocycles. The molecule has 2 fully saturated rings. The number of hydrogen-bond acceptors (Lipinski definition) is 2. The smallest absolute Gasteiger partial charge is 0.225 e. The van der Waals surface area contributed by atoms with Crippen LogP contribution < -0.4 is 5.32 Å². The normalized spacial score (nSPS) is 26.9. The molecule has 1 amide bonds. The lowest BCUT2D eigenvalue weighted by Gasteiger charge is -2.44. The van der Waals surface area contributed by atoms with Gasteiger partial charge in [0.1, 0.15) is 0 Å². The molecule has 2 aliphatic rings. The fourth-order valence-corrected chi connectivity index (χ4v) is 2.23. The Morgan fingerprint density at radius 1 is 1.43 bits per heavy atom. The SMILES string of the molecule is CNCCC1CCN1C(=O)C1CCC1. The number of amides is 1. The first-order valence-electron chi connectivity index (χ1n) is 5.78. The van der Waals surface area contributed by atoms with Gasteiger partial charge in [0.2, 0.25) is 5.91 Å². The van der Waals surface area contributed by atoms with E-state index in [4.69, 9.17) is 0 Å². The lowest BCUT2D eigenvalue weighted by molar-refractivity contribution is -0.146. The Morgan fingerprint density at radius 3 is 2.64 bits per heavy atom. The van der Waals surface area contributed by atoms with Gasteiger partial charge >= 0.3 is 0 Å². The van der Waals surface area contributed by atoms with Crippen LogP contribution in [0.15, 0.2) is 0 Å². The molecule has 1 atom stereocenters. The lowest BCUT2D eigenvalue weighted by Crippen LogP contribution is -2.54. The molecule has 0 spiro atoms. The monoisotopic (exact) mass is 196 g/mol. The predicted molar refractivity (Wildman–Crippen MR) is 56.0 cm³/mol. The van der Waals surface area contributed by atoms with Crippen LogP contribution in [0.1, 0.15) is 32.1 Å². The van der Waals surface area contributed by atoms with E-state index in [1.165, 1.54) is 12.8 Å². The van der Waals surface area contributed by atoms with Crippen LogP contribution in [0, 0.1) is 5.92 Å². The van der Waals surface area contributed by atoms with Gasteiger partial charge in [-0.1, -0.05) is 6.42 Å². The number of carbonyl (C=O) groups excluding carboxylic acids is 1. The molecule has 0 radical (unpaired) electrons. The number of carbonyl (C=O) groups is 1. The average Bonchev–Trinajstić information content (AvgIpc) is 1.99. The molecule has 1 heterocycles. The lowest BCUT2D eigenvalue weighted by atomic mass is 9.82. The zero-order valence-corrected chi connectivity index (χ0v) is 8.96. The van der Waals surface area contributed by atoms with E-state index in [-0.39, 0.29) is 0 Å². The Bertz CT molecular complexity index is 213. The third kappa shape index (κ3) is 1.78. The molecule has 3 heteroatoms. The van der Waals surface area contributed by atoms with Crippen molar-refractivity contribution in [2.75, 3.05) is 20.1 Å². The van der Waals surface area contributed by atoms with E-state index in [1.54, 1.807) is 0 Å². The minimum Gasteiger partial charge on any atom is -0.339 e. The highest BCUT2D eigenvalue weighted by atomic mass is 16.2. The molecule has 80 valence electrons. The molecule has 1 saturated carbocycles. The molecule has 0 aromatic rings. The Hall–Kier alpha value is -0.570. The number of nitrogens with zero attached hydrogens (tertiary/aromatic N) is 1. The third-order valence-electron chi connectivity index (χ3n) is 3.61. The number of hydrogen-bond donors (Lipinski definition) is 1. The molecule has 3 nitrogen and oxygen atoms in total. The van der Waals surface area contributed by atoms with Gasteiger partial charge in [0.15, 0.2) is 0 Å². The number of rotatable bonds is 4. The van der Waals surface area contributed by atoms with Crippen LogP contribution in [0.5, 0.6) is 0 Å². The van der Waals surface area contributed by atoms with Crippen molar-refractivity contribution < 1.29 is 4.79 Å². The van der Waals surface area contributed by atoms with Gasteiger partial charge in [0, 0.05) is 18.5 Å². The first-order chi connectivity index (χ1) is 6.83. The number of likely N-dealkylation sites (tertiary alicyclic amines) is 1. The third-order valence-corrected chi connectivity index (χ3v) is 3.61. The summed E-state index contributed by atoms with van der Waals surface area (Å²) < 4.78 is 0. The van der Waals surface area contributed by atoms with Gasteiger partial charge in [-0.15, -0.1) is 0 Å². The summed E-state index contributed by atoms with van der Waals surface area (Å²) in [5.41, 5.74) is 0. The van der Waals surface area contributed by atoms with E-state index in [9.17, 15) is 4.79 Å². The quantitative estimate of drug-likeness (QED) is 0.727. The highest BCUT2D eigenvalue weighted by Crippen LogP contribution is 2.32. The van der Waals surface area contributed by atoms with Gasteiger partial charge in [-0.3, -0.25) is 4.79 Å². The van der Waals surface area contributed by atoms with Crippen molar-refractivity contribution in [2.24, 2.45) is 5.92 Å². The first-order valence-corrected chi connectivity index (χ1v) is 5.78. The molecule has 1 unspecified atom stereocenters. The summed E-state index contributed by atoms with van der Waals surface area (Å²) in [5.74, 6) is 0.816. The van der Waals surface area contributed by atoms with Crippen molar-refractivity contribution in [1.29, 1.82) is 0 Å². The highest BCUT2D eigenvalue weighted by Gasteiger charge is 2.37. The summed E-state index contributed by atoms with van der Waals surface area (Å²) >= 11 is 0. The van der Waals surface area contributed by atoms with Crippen molar-refractivity contribution in [3.05, 3.63) is 0 Å². The second kappa shape index (κ2) is 4.30. The van der Waals surface area contributed by atoms with Gasteiger partial charge in [-0.05, 0) is 39.3 Å². The maximum Gasteiger partial charge on any atom is 0.225 e. The van der Waals surface area contributed by atoms with Crippen LogP contribution in [-0.2, 0) is 4.79 Å². The van der Waals surface area contributed by atoms with Gasteiger partial charge in [0.05, 0.1) is 0 Å². The van der Waals surface area contributed by atoms with Crippen LogP contribution in [0.2, 0.25) is 0 Å². The summed E-state index contributed by atoms with van der Waals surface area (Å²) in [7, 11) is 1.97. The Kier molecular flexibility index (Phi) is 3.06. The largest absolute Gasteiger partial charge is 0.339 e. The molecule has 1 aliphatic heterocycles. The van der Waals surface area contributed by atoms with Crippen molar-refractivity contribution >= 4 is 5.91 Å². The predicted octanol–water partition coefficient (Wildman–Crippen LogP) is 0.997. The fourth-order valence-electron chi connectivity index (χ4n) is 2.23. The first kappa shape index (κ1) is 9.97. The van der Waals surface area contributed by atoms with E-state index < -0.39 is 0 Å². The molecular formula is C11H20N2O. The average molecular weight is 196 g/mol. The molecular weight excluding hydrogens is 176 g/mol. The Labute approximate surface area is 85.8 Å². The van der Waals surface area contributed by atoms with Gasteiger partial charge < -0.3 is 10.2 Å². The Morgan fingerprint density at radius 2 is 2.21 bits per heavy atom. The maximum absolute atomic E-state index is 11.9. The van der Waals surface area contributed by atoms with Crippen LogP contribution in [-0.4, -0.2) is 37.0 Å². The molecule has 14 heavy (non-hydrogen) atoms. The van der Waals surface area contributed by atoms with Gasteiger partial charge in [0.25, 0.3) is 0 Å². The zero-order valence-electron chi connectivity index (χ0n) is 8.96. The van der Waals surface area contributed by atoms with Crippen molar-refractivity contribution in [3.8, 4) is 0 Å². The topological polar surface area (TPSA) is 32.3 Å². The van der Waals surface area contributed by atoms with Crippen molar-refractivity contribution in [2.45, 2.75) is 38.1 Å². The molecule has 1 N–H and O–H groups in total. The molecule has 2 rings (SSSR count). The molecule has 0 aromatic carbocycles. The maximum atomic E-state index is 11.9. The van der Waals surface area contributed by atoms with Gasteiger partial charge in [-0.2, -0.15) is 0 Å². The fraction of sp³-hybridized carbons (Fsp3) is 0.909. The van der Waals surface area contributed by atoms with Crippen LogP contribution >= 0.6 is 0 Å². The second-order valence-electron chi connectivity index (χ2n) is 4.49. The summed E-state index contributed by atoms with van der Waals surface area (Å²) in [6.07, 6.45) is 5.85. The zero-order chi connectivity index (χ0) is 9.97. The van der Waals surface area contributed by atoms with Gasteiger partial charge in [-0.25, -0.2) is 0 Å². The van der Waals surface area contributed by atoms with E-state index in [0.29, 0.717) is 17.9 Å². The number of nitrogens with one attached hydrogen (secondary N) is 1. The second-order valence-corrected chi connectivity index (χ2v) is 4.49. The van der Waals surface area contributed by atoms with Crippen molar-refractivity contribution in [1.82, 2.24) is 10.2 Å². The molecule has 0 aromatic heterocycles. The van der Waals surface area contributed by atoms with Crippen molar-refractivity contribution in [3.63, 3.8) is 0 Å². The minimum atomic E-state index is 0.382. The summed E-state index contributed by atoms with van der Waals surface area (Å²) in [6, 6.07) is 0.538. The van der Waals surface area contributed by atoms with E-state index in [0.717, 1.165) is 32.4 Å². The summed E-state index contributed by atoms with van der Waals surface area (Å²) in [5, 5.41) is 3.15. The highest BCUT2D eigenvalue weighted by molar-refractivity contribution is 5.80.